The number of hydrogen-bond donors (Lipinski definition) is 1. The van der Waals surface area contributed by atoms with Gasteiger partial charge in [0, 0.05) is 25.2 Å². The maximum Gasteiger partial charge on any atom is 0.309 e. The van der Waals surface area contributed by atoms with Crippen molar-refractivity contribution in [1.82, 2.24) is 14.7 Å². The van der Waals surface area contributed by atoms with Gasteiger partial charge in [-0.25, -0.2) is 9.07 Å². The first-order valence-electron chi connectivity index (χ1n) is 6.76. The molecule has 0 spiro atoms. The Morgan fingerprint density at radius 2 is 2.05 bits per heavy atom. The molecule has 0 radical (unpaired) electrons. The van der Waals surface area contributed by atoms with Crippen LogP contribution < -0.4 is 0 Å². The molecule has 1 aromatic heterocycles. The quantitative estimate of drug-likeness (QED) is 0.935. The highest BCUT2D eigenvalue weighted by Crippen LogP contribution is 2.37. The Kier molecular flexibility index (Phi) is 3.40. The van der Waals surface area contributed by atoms with Gasteiger partial charge in [0.25, 0.3) is 0 Å². The van der Waals surface area contributed by atoms with Gasteiger partial charge in [-0.15, -0.1) is 0 Å². The zero-order chi connectivity index (χ0) is 15.9. The Balaban J connectivity index is 1.94. The van der Waals surface area contributed by atoms with E-state index in [1.807, 2.05) is 0 Å². The van der Waals surface area contributed by atoms with Crippen molar-refractivity contribution < 1.29 is 19.1 Å². The summed E-state index contributed by atoms with van der Waals surface area (Å²) in [4.78, 5) is 24.6. The molecule has 1 aromatic carbocycles. The molecule has 7 heteroatoms. The zero-order valence-corrected chi connectivity index (χ0v) is 11.8. The fourth-order valence-electron chi connectivity index (χ4n) is 2.77. The molecule has 1 fully saturated rings. The van der Waals surface area contributed by atoms with Crippen LogP contribution in [0.3, 0.4) is 0 Å². The molecular formula is C15H14FN3O3. The molecule has 3 rings (SSSR count). The molecule has 114 valence electrons. The molecule has 1 aliphatic rings. The van der Waals surface area contributed by atoms with E-state index in [1.165, 1.54) is 21.7 Å². The van der Waals surface area contributed by atoms with Crippen LogP contribution in [0.25, 0.3) is 5.69 Å². The summed E-state index contributed by atoms with van der Waals surface area (Å²) in [6.45, 7) is 0. The SMILES string of the molecule is CN1C(=O)C[C@H](C(=O)O)[C@H]1c1cnn(-c2ccc(F)cc2)c1. The number of carbonyl (C=O) groups excluding carboxylic acids is 1. The number of aliphatic carboxylic acids is 1. The molecule has 0 aliphatic carbocycles. The maximum atomic E-state index is 12.9. The van der Waals surface area contributed by atoms with Gasteiger partial charge in [0.15, 0.2) is 0 Å². The van der Waals surface area contributed by atoms with Crippen molar-refractivity contribution in [2.45, 2.75) is 12.5 Å². The first-order chi connectivity index (χ1) is 10.5. The van der Waals surface area contributed by atoms with Crippen molar-refractivity contribution in [3.05, 3.63) is 48.0 Å². The van der Waals surface area contributed by atoms with Crippen molar-refractivity contribution >= 4 is 11.9 Å². The van der Waals surface area contributed by atoms with Gasteiger partial charge in [0.2, 0.25) is 5.91 Å². The van der Waals surface area contributed by atoms with Crippen molar-refractivity contribution in [2.24, 2.45) is 5.92 Å². The highest BCUT2D eigenvalue weighted by Gasteiger charge is 2.43. The van der Waals surface area contributed by atoms with Gasteiger partial charge in [-0.3, -0.25) is 9.59 Å². The first-order valence-corrected chi connectivity index (χ1v) is 6.76. The van der Waals surface area contributed by atoms with Gasteiger partial charge in [0.05, 0.1) is 23.8 Å². The summed E-state index contributed by atoms with van der Waals surface area (Å²) in [7, 11) is 1.59. The van der Waals surface area contributed by atoms with Crippen molar-refractivity contribution in [3.8, 4) is 5.69 Å². The molecule has 2 heterocycles. The third-order valence-corrected chi connectivity index (χ3v) is 3.94. The number of amides is 1. The van der Waals surface area contributed by atoms with E-state index < -0.39 is 17.9 Å². The molecule has 0 unspecified atom stereocenters. The number of carboxylic acid groups (broad SMARTS) is 1. The summed E-state index contributed by atoms with van der Waals surface area (Å²) in [5.74, 6) is -2.34. The average Bonchev–Trinajstić information content (AvgIpc) is 3.06. The number of carboxylic acids is 1. The summed E-state index contributed by atoms with van der Waals surface area (Å²) < 4.78 is 14.5. The fraction of sp³-hybridized carbons (Fsp3) is 0.267. The number of benzene rings is 1. The number of aromatic nitrogens is 2. The minimum Gasteiger partial charge on any atom is -0.481 e. The number of hydrogen-bond acceptors (Lipinski definition) is 3. The van der Waals surface area contributed by atoms with Crippen LogP contribution in [0.5, 0.6) is 0 Å². The average molecular weight is 303 g/mol. The van der Waals surface area contributed by atoms with Crippen LogP contribution in [-0.4, -0.2) is 38.7 Å². The fourth-order valence-corrected chi connectivity index (χ4v) is 2.77. The Labute approximate surface area is 125 Å². The Morgan fingerprint density at radius 1 is 1.36 bits per heavy atom. The number of rotatable bonds is 3. The second-order valence-electron chi connectivity index (χ2n) is 5.29. The van der Waals surface area contributed by atoms with Crippen molar-refractivity contribution in [1.29, 1.82) is 0 Å². The first kappa shape index (κ1) is 14.2. The van der Waals surface area contributed by atoms with E-state index in [2.05, 4.69) is 5.10 Å². The minimum absolute atomic E-state index is 0.0156. The lowest BCUT2D eigenvalue weighted by Gasteiger charge is -2.21. The molecule has 1 aliphatic heterocycles. The number of carbonyl (C=O) groups is 2. The molecular weight excluding hydrogens is 289 g/mol. The summed E-state index contributed by atoms with van der Waals surface area (Å²) >= 11 is 0. The van der Waals surface area contributed by atoms with E-state index >= 15 is 0 Å². The molecule has 2 aromatic rings. The molecule has 0 bridgehead atoms. The van der Waals surface area contributed by atoms with Gasteiger partial charge < -0.3 is 10.0 Å². The lowest BCUT2D eigenvalue weighted by atomic mass is 9.96. The van der Waals surface area contributed by atoms with E-state index in [-0.39, 0.29) is 18.1 Å². The lowest BCUT2D eigenvalue weighted by molar-refractivity contribution is -0.142. The van der Waals surface area contributed by atoms with E-state index in [9.17, 15) is 19.1 Å². The zero-order valence-electron chi connectivity index (χ0n) is 11.8. The second kappa shape index (κ2) is 5.25. The van der Waals surface area contributed by atoms with Crippen LogP contribution >= 0.6 is 0 Å². The second-order valence-corrected chi connectivity index (χ2v) is 5.29. The summed E-state index contributed by atoms with van der Waals surface area (Å²) in [5.41, 5.74) is 1.30. The van der Waals surface area contributed by atoms with Gasteiger partial charge in [-0.1, -0.05) is 0 Å². The van der Waals surface area contributed by atoms with Gasteiger partial charge in [-0.05, 0) is 24.3 Å². The highest BCUT2D eigenvalue weighted by molar-refractivity contribution is 5.87. The molecule has 2 atom stereocenters. The summed E-state index contributed by atoms with van der Waals surface area (Å²) in [6.07, 6.45) is 3.19. The van der Waals surface area contributed by atoms with E-state index in [0.29, 0.717) is 11.3 Å². The molecule has 1 amide bonds. The van der Waals surface area contributed by atoms with E-state index in [0.717, 1.165) is 0 Å². The Hall–Kier alpha value is -2.70. The largest absolute Gasteiger partial charge is 0.481 e. The van der Waals surface area contributed by atoms with Crippen LogP contribution in [0.1, 0.15) is 18.0 Å². The number of halogens is 1. The molecule has 0 saturated carbocycles. The smallest absolute Gasteiger partial charge is 0.309 e. The van der Waals surface area contributed by atoms with Crippen molar-refractivity contribution in [2.75, 3.05) is 7.05 Å². The van der Waals surface area contributed by atoms with E-state index in [1.54, 1.807) is 31.6 Å². The number of likely N-dealkylation sites (tertiary alicyclic amines) is 1. The Morgan fingerprint density at radius 3 is 2.68 bits per heavy atom. The third-order valence-electron chi connectivity index (χ3n) is 3.94. The molecule has 1 saturated heterocycles. The normalized spacial score (nSPS) is 21.4. The van der Waals surface area contributed by atoms with Crippen LogP contribution in [0.2, 0.25) is 0 Å². The molecule has 22 heavy (non-hydrogen) atoms. The Bertz CT molecular complexity index is 726. The van der Waals surface area contributed by atoms with Crippen LogP contribution in [0, 0.1) is 11.7 Å². The van der Waals surface area contributed by atoms with Gasteiger partial charge >= 0.3 is 5.97 Å². The predicted octanol–water partition coefficient (Wildman–Crippen LogP) is 1.62. The van der Waals surface area contributed by atoms with Crippen molar-refractivity contribution in [3.63, 3.8) is 0 Å². The van der Waals surface area contributed by atoms with Gasteiger partial charge in [-0.2, -0.15) is 5.10 Å². The standard InChI is InChI=1S/C15H14FN3O3/c1-18-13(20)6-12(15(21)22)14(18)9-7-17-19(8-9)11-4-2-10(16)3-5-11/h2-5,7-8,12,14H,6H2,1H3,(H,21,22)/t12-,14+/m0/s1. The third kappa shape index (κ3) is 2.34. The highest BCUT2D eigenvalue weighted by atomic mass is 19.1. The van der Waals surface area contributed by atoms with Gasteiger partial charge in [0.1, 0.15) is 5.82 Å². The predicted molar refractivity (Wildman–Crippen MR) is 74.8 cm³/mol. The minimum atomic E-state index is -1.00. The monoisotopic (exact) mass is 303 g/mol. The van der Waals surface area contributed by atoms with Crippen LogP contribution in [0.15, 0.2) is 36.7 Å². The summed E-state index contributed by atoms with van der Waals surface area (Å²) in [5, 5.41) is 13.5. The number of nitrogens with zero attached hydrogens (tertiary/aromatic N) is 3. The summed E-state index contributed by atoms with van der Waals surface area (Å²) in [6, 6.07) is 5.25. The van der Waals surface area contributed by atoms with E-state index in [4.69, 9.17) is 0 Å². The lowest BCUT2D eigenvalue weighted by Crippen LogP contribution is -2.26. The maximum absolute atomic E-state index is 12.9. The van der Waals surface area contributed by atoms with Crippen LogP contribution in [0.4, 0.5) is 4.39 Å². The molecule has 1 N–H and O–H groups in total. The van der Waals surface area contributed by atoms with Crippen LogP contribution in [-0.2, 0) is 9.59 Å². The topological polar surface area (TPSA) is 75.4 Å². The molecule has 6 nitrogen and oxygen atoms in total.